The second-order valence-electron chi connectivity index (χ2n) is 4.69. The molecule has 3 nitrogen and oxygen atoms in total. The normalized spacial score (nSPS) is 12.2. The van der Waals surface area contributed by atoms with Crippen LogP contribution in [0.2, 0.25) is 0 Å². The lowest BCUT2D eigenvalue weighted by Crippen LogP contribution is -2.21. The molecule has 0 fully saturated rings. The Labute approximate surface area is 112 Å². The summed E-state index contributed by atoms with van der Waals surface area (Å²) >= 11 is 0. The molecule has 0 aliphatic heterocycles. The van der Waals surface area contributed by atoms with Crippen LogP contribution in [0.25, 0.3) is 0 Å². The Morgan fingerprint density at radius 2 is 1.95 bits per heavy atom. The van der Waals surface area contributed by atoms with Crippen LogP contribution in [0.3, 0.4) is 0 Å². The third kappa shape index (κ3) is 3.29. The molecular weight excluding hydrogens is 241 g/mol. The van der Waals surface area contributed by atoms with E-state index < -0.39 is 0 Å². The van der Waals surface area contributed by atoms with Crippen LogP contribution in [-0.2, 0) is 6.54 Å². The molecule has 1 aromatic heterocycles. The average Bonchev–Trinajstić information content (AvgIpc) is 2.41. The van der Waals surface area contributed by atoms with Crippen molar-refractivity contribution >= 4 is 5.82 Å². The van der Waals surface area contributed by atoms with E-state index in [0.717, 1.165) is 16.9 Å². The van der Waals surface area contributed by atoms with Gasteiger partial charge in [-0.2, -0.15) is 0 Å². The summed E-state index contributed by atoms with van der Waals surface area (Å²) in [4.78, 5) is 6.41. The van der Waals surface area contributed by atoms with Gasteiger partial charge in [0.1, 0.15) is 11.6 Å². The molecule has 0 unspecified atom stereocenters. The molecule has 1 aromatic carbocycles. The van der Waals surface area contributed by atoms with Crippen molar-refractivity contribution < 1.29 is 4.39 Å². The molecule has 0 saturated carbocycles. The quantitative estimate of drug-likeness (QED) is 0.918. The fraction of sp³-hybridized carbons (Fsp3) is 0.267. The molecule has 0 spiro atoms. The summed E-state index contributed by atoms with van der Waals surface area (Å²) in [6, 6.07) is 10.3. The minimum absolute atomic E-state index is 0.0700. The zero-order valence-electron chi connectivity index (χ0n) is 11.2. The first kappa shape index (κ1) is 13.5. The van der Waals surface area contributed by atoms with Gasteiger partial charge < -0.3 is 10.6 Å². The number of anilines is 1. The van der Waals surface area contributed by atoms with Crippen LogP contribution in [0.5, 0.6) is 0 Å². The molecule has 0 bridgehead atoms. The molecule has 2 N–H and O–H groups in total. The Kier molecular flexibility index (Phi) is 4.12. The van der Waals surface area contributed by atoms with Crippen LogP contribution < -0.4 is 10.6 Å². The van der Waals surface area contributed by atoms with E-state index in [1.54, 1.807) is 18.3 Å². The van der Waals surface area contributed by atoms with Gasteiger partial charge in [0.05, 0.1) is 0 Å². The maximum atomic E-state index is 12.9. The van der Waals surface area contributed by atoms with Gasteiger partial charge in [-0.15, -0.1) is 0 Å². The fourth-order valence-electron chi connectivity index (χ4n) is 2.02. The van der Waals surface area contributed by atoms with Gasteiger partial charge in [-0.05, 0) is 30.7 Å². The van der Waals surface area contributed by atoms with Crippen molar-refractivity contribution in [2.75, 3.05) is 11.9 Å². The van der Waals surface area contributed by atoms with E-state index >= 15 is 0 Å². The SMILES string of the molecule is C[C@H](N)c1cccnc1N(C)Cc1ccc(F)cc1. The third-order valence-electron chi connectivity index (χ3n) is 3.00. The smallest absolute Gasteiger partial charge is 0.133 e. The van der Waals surface area contributed by atoms with E-state index in [-0.39, 0.29) is 11.9 Å². The molecule has 2 rings (SSSR count). The second-order valence-corrected chi connectivity index (χ2v) is 4.69. The highest BCUT2D eigenvalue weighted by Gasteiger charge is 2.11. The van der Waals surface area contributed by atoms with Gasteiger partial charge in [-0.3, -0.25) is 0 Å². The highest BCUT2D eigenvalue weighted by Crippen LogP contribution is 2.22. The summed E-state index contributed by atoms with van der Waals surface area (Å²) < 4.78 is 12.9. The summed E-state index contributed by atoms with van der Waals surface area (Å²) in [6.07, 6.45) is 1.75. The third-order valence-corrected chi connectivity index (χ3v) is 3.00. The molecule has 0 aliphatic carbocycles. The van der Waals surface area contributed by atoms with Crippen LogP contribution in [0, 0.1) is 5.82 Å². The zero-order chi connectivity index (χ0) is 13.8. The van der Waals surface area contributed by atoms with E-state index in [1.165, 1.54) is 12.1 Å². The van der Waals surface area contributed by atoms with Crippen LogP contribution in [0.15, 0.2) is 42.6 Å². The van der Waals surface area contributed by atoms with Crippen molar-refractivity contribution in [1.82, 2.24) is 4.98 Å². The van der Waals surface area contributed by atoms with Crippen molar-refractivity contribution in [3.8, 4) is 0 Å². The van der Waals surface area contributed by atoms with Crippen LogP contribution in [0.4, 0.5) is 10.2 Å². The largest absolute Gasteiger partial charge is 0.355 e. The summed E-state index contributed by atoms with van der Waals surface area (Å²) in [5.41, 5.74) is 7.99. The fourth-order valence-corrected chi connectivity index (χ4v) is 2.02. The van der Waals surface area contributed by atoms with Gasteiger partial charge in [-0.1, -0.05) is 18.2 Å². The predicted molar refractivity (Wildman–Crippen MR) is 75.3 cm³/mol. The summed E-state index contributed by atoms with van der Waals surface area (Å²) in [5.74, 6) is 0.641. The van der Waals surface area contributed by atoms with E-state index in [2.05, 4.69) is 4.98 Å². The molecule has 1 atom stereocenters. The standard InChI is InChI=1S/C15H18FN3/c1-11(17)14-4-3-9-18-15(14)19(2)10-12-5-7-13(16)8-6-12/h3-9,11H,10,17H2,1-2H3/t11-/m0/s1. The van der Waals surface area contributed by atoms with Gasteiger partial charge in [-0.25, -0.2) is 9.37 Å². The van der Waals surface area contributed by atoms with Crippen molar-refractivity contribution in [2.24, 2.45) is 5.73 Å². The Morgan fingerprint density at radius 3 is 2.58 bits per heavy atom. The average molecular weight is 259 g/mol. The number of rotatable bonds is 4. The van der Waals surface area contributed by atoms with Crippen molar-refractivity contribution in [2.45, 2.75) is 19.5 Å². The molecule has 100 valence electrons. The van der Waals surface area contributed by atoms with Crippen LogP contribution in [-0.4, -0.2) is 12.0 Å². The lowest BCUT2D eigenvalue weighted by atomic mass is 10.1. The molecule has 19 heavy (non-hydrogen) atoms. The topological polar surface area (TPSA) is 42.1 Å². The lowest BCUT2D eigenvalue weighted by Gasteiger charge is -2.22. The maximum absolute atomic E-state index is 12.9. The van der Waals surface area contributed by atoms with E-state index in [1.807, 2.05) is 31.0 Å². The predicted octanol–water partition coefficient (Wildman–Crippen LogP) is 2.88. The molecule has 4 heteroatoms. The number of benzene rings is 1. The Bertz CT molecular complexity index is 537. The van der Waals surface area contributed by atoms with Crippen molar-refractivity contribution in [1.29, 1.82) is 0 Å². The first-order valence-electron chi connectivity index (χ1n) is 6.24. The summed E-state index contributed by atoms with van der Waals surface area (Å²) in [5, 5.41) is 0. The van der Waals surface area contributed by atoms with Gasteiger partial charge in [0.15, 0.2) is 0 Å². The monoisotopic (exact) mass is 259 g/mol. The first-order valence-corrected chi connectivity index (χ1v) is 6.24. The molecule has 0 aliphatic rings. The Morgan fingerprint density at radius 1 is 1.26 bits per heavy atom. The number of halogens is 1. The molecule has 2 aromatic rings. The van der Waals surface area contributed by atoms with Gasteiger partial charge >= 0.3 is 0 Å². The summed E-state index contributed by atoms with van der Waals surface area (Å²) in [7, 11) is 1.96. The van der Waals surface area contributed by atoms with Gasteiger partial charge in [0.25, 0.3) is 0 Å². The van der Waals surface area contributed by atoms with Gasteiger partial charge in [0.2, 0.25) is 0 Å². The minimum atomic E-state index is -0.222. The molecule has 0 saturated heterocycles. The molecule has 0 amide bonds. The van der Waals surface area contributed by atoms with Crippen LogP contribution >= 0.6 is 0 Å². The highest BCUT2D eigenvalue weighted by atomic mass is 19.1. The zero-order valence-corrected chi connectivity index (χ0v) is 11.2. The number of hydrogen-bond acceptors (Lipinski definition) is 3. The molecule has 0 radical (unpaired) electrons. The maximum Gasteiger partial charge on any atom is 0.133 e. The number of nitrogens with two attached hydrogens (primary N) is 1. The van der Waals surface area contributed by atoms with Crippen molar-refractivity contribution in [3.63, 3.8) is 0 Å². The second kappa shape index (κ2) is 5.80. The summed E-state index contributed by atoms with van der Waals surface area (Å²) in [6.45, 7) is 2.60. The first-order chi connectivity index (χ1) is 9.08. The van der Waals surface area contributed by atoms with E-state index in [9.17, 15) is 4.39 Å². The lowest BCUT2D eigenvalue weighted by molar-refractivity contribution is 0.627. The molecular formula is C15H18FN3. The van der Waals surface area contributed by atoms with Crippen LogP contribution in [0.1, 0.15) is 24.1 Å². The Balaban J connectivity index is 2.20. The number of pyridine rings is 1. The van der Waals surface area contributed by atoms with Crippen molar-refractivity contribution in [3.05, 3.63) is 59.5 Å². The Hall–Kier alpha value is -1.94. The van der Waals surface area contributed by atoms with E-state index in [4.69, 9.17) is 5.73 Å². The highest BCUT2D eigenvalue weighted by molar-refractivity contribution is 5.48. The number of hydrogen-bond donors (Lipinski definition) is 1. The van der Waals surface area contributed by atoms with E-state index in [0.29, 0.717) is 6.54 Å². The van der Waals surface area contributed by atoms with Gasteiger partial charge in [0, 0.05) is 31.4 Å². The molecule has 1 heterocycles. The number of aromatic nitrogens is 1. The minimum Gasteiger partial charge on any atom is -0.355 e. The number of nitrogens with zero attached hydrogens (tertiary/aromatic N) is 2.